The minimum Gasteiger partial charge on any atom is -0.481 e. The van der Waals surface area contributed by atoms with Gasteiger partial charge in [-0.3, -0.25) is 9.59 Å². The van der Waals surface area contributed by atoms with Gasteiger partial charge >= 0.3 is 12.1 Å². The molecule has 0 radical (unpaired) electrons. The molecule has 0 aromatic heterocycles. The summed E-state index contributed by atoms with van der Waals surface area (Å²) in [6.07, 6.45) is 0.367. The number of nitrogens with one attached hydrogen (secondary N) is 1. The zero-order valence-corrected chi connectivity index (χ0v) is 20.0. The lowest BCUT2D eigenvalue weighted by Gasteiger charge is -2.29. The summed E-state index contributed by atoms with van der Waals surface area (Å²) >= 11 is 0. The number of aliphatic carboxylic acids is 1. The van der Waals surface area contributed by atoms with Crippen LogP contribution in [0, 0.1) is 17.8 Å². The maximum atomic E-state index is 13.3. The molecule has 35 heavy (non-hydrogen) atoms. The zero-order chi connectivity index (χ0) is 24.9. The van der Waals surface area contributed by atoms with Gasteiger partial charge in [0.1, 0.15) is 12.6 Å². The third kappa shape index (κ3) is 4.88. The minimum absolute atomic E-state index is 0.0860. The molecule has 1 saturated heterocycles. The summed E-state index contributed by atoms with van der Waals surface area (Å²) < 4.78 is 5.61. The van der Waals surface area contributed by atoms with Crippen molar-refractivity contribution in [1.29, 1.82) is 0 Å². The van der Waals surface area contributed by atoms with Gasteiger partial charge in [0.2, 0.25) is 5.91 Å². The first-order valence-electron chi connectivity index (χ1n) is 12.0. The fourth-order valence-corrected chi connectivity index (χ4v) is 5.31. The second kappa shape index (κ2) is 10.6. The molecule has 0 bridgehead atoms. The smallest absolute Gasteiger partial charge is 0.407 e. The van der Waals surface area contributed by atoms with Crippen molar-refractivity contribution in [3.05, 3.63) is 59.7 Å². The lowest BCUT2D eigenvalue weighted by molar-refractivity contribution is -0.143. The maximum absolute atomic E-state index is 13.3. The first-order valence-corrected chi connectivity index (χ1v) is 12.0. The Kier molecular flexibility index (Phi) is 7.40. The van der Waals surface area contributed by atoms with Gasteiger partial charge in [-0.25, -0.2) is 4.79 Å². The van der Waals surface area contributed by atoms with E-state index < -0.39 is 30.1 Å². The van der Waals surface area contributed by atoms with E-state index in [0.717, 1.165) is 22.3 Å². The molecule has 7 heteroatoms. The Bertz CT molecular complexity index is 1140. The zero-order valence-electron chi connectivity index (χ0n) is 20.0. The third-order valence-electron chi connectivity index (χ3n) is 6.98. The molecule has 7 nitrogen and oxygen atoms in total. The van der Waals surface area contributed by atoms with Crippen LogP contribution in [-0.4, -0.2) is 53.2 Å². The van der Waals surface area contributed by atoms with Crippen LogP contribution in [-0.2, 0) is 14.3 Å². The number of benzene rings is 2. The summed E-state index contributed by atoms with van der Waals surface area (Å²) in [4.78, 5) is 39.3. The number of carbonyl (C=O) groups excluding carboxylic acids is 2. The number of amides is 2. The van der Waals surface area contributed by atoms with Crippen LogP contribution in [0.4, 0.5) is 4.79 Å². The number of alkyl carbamates (subject to hydrolysis) is 1. The topological polar surface area (TPSA) is 95.9 Å². The first-order chi connectivity index (χ1) is 17.0. The van der Waals surface area contributed by atoms with Gasteiger partial charge in [-0.15, -0.1) is 11.8 Å². The van der Waals surface area contributed by atoms with Gasteiger partial charge in [0.25, 0.3) is 0 Å². The number of fused-ring (bicyclic) bond motifs is 3. The van der Waals surface area contributed by atoms with Gasteiger partial charge in [0, 0.05) is 24.9 Å². The van der Waals surface area contributed by atoms with Crippen molar-refractivity contribution in [2.45, 2.75) is 51.1 Å². The summed E-state index contributed by atoms with van der Waals surface area (Å²) in [6.45, 7) is 4.02. The average Bonchev–Trinajstić information content (AvgIpc) is 3.44. The predicted octanol–water partition coefficient (Wildman–Crippen LogP) is 4.02. The Morgan fingerprint density at radius 1 is 1.11 bits per heavy atom. The van der Waals surface area contributed by atoms with Crippen LogP contribution in [0.2, 0.25) is 0 Å². The fraction of sp³-hybridized carbons (Fsp3) is 0.393. The van der Waals surface area contributed by atoms with Crippen LogP contribution in [0.1, 0.15) is 50.2 Å². The Balaban J connectivity index is 1.45. The summed E-state index contributed by atoms with van der Waals surface area (Å²) in [5.41, 5.74) is 4.48. The molecule has 2 amide bonds. The van der Waals surface area contributed by atoms with Crippen molar-refractivity contribution >= 4 is 18.0 Å². The highest BCUT2D eigenvalue weighted by atomic mass is 16.5. The number of hydrogen-bond acceptors (Lipinski definition) is 4. The molecule has 2 aromatic rings. The number of carboxylic acid groups (broad SMARTS) is 1. The van der Waals surface area contributed by atoms with Crippen LogP contribution < -0.4 is 5.32 Å². The standard InChI is InChI=1S/C28H30N2O5/c1-3-5-14-24(26(31)30-16-15-22(27(32)33)25(30)4-2)29-28(34)35-17-23-20-12-8-6-10-18(20)19-11-7-9-13-21(19)23/h6-13,22-25H,4,14-17H2,1-2H3,(H,29,34)(H,32,33). The number of rotatable bonds is 7. The molecular weight excluding hydrogens is 444 g/mol. The third-order valence-corrected chi connectivity index (χ3v) is 6.98. The normalized spacial score (nSPS) is 19.2. The average molecular weight is 475 g/mol. The van der Waals surface area contributed by atoms with Crippen molar-refractivity contribution in [1.82, 2.24) is 10.2 Å². The Morgan fingerprint density at radius 3 is 2.31 bits per heavy atom. The molecule has 0 saturated carbocycles. The monoisotopic (exact) mass is 474 g/mol. The largest absolute Gasteiger partial charge is 0.481 e. The SMILES string of the molecule is CC#CCC(NC(=O)OCC1c2ccccc2-c2ccccc21)C(=O)N1CCC(C(=O)O)C1CC. The molecule has 4 rings (SSSR count). The number of nitrogens with zero attached hydrogens (tertiary/aromatic N) is 1. The van der Waals surface area contributed by atoms with Crippen LogP contribution in [0.25, 0.3) is 11.1 Å². The van der Waals surface area contributed by atoms with Crippen molar-refractivity contribution in [3.8, 4) is 23.0 Å². The first kappa shape index (κ1) is 24.3. The molecule has 1 aliphatic carbocycles. The Labute approximate surface area is 205 Å². The van der Waals surface area contributed by atoms with E-state index in [0.29, 0.717) is 19.4 Å². The summed E-state index contributed by atoms with van der Waals surface area (Å²) in [5.74, 6) is 3.71. The molecular formula is C28H30N2O5. The molecule has 0 spiro atoms. The van der Waals surface area contributed by atoms with Crippen molar-refractivity contribution in [2.24, 2.45) is 5.92 Å². The van der Waals surface area contributed by atoms with E-state index in [-0.39, 0.29) is 24.9 Å². The van der Waals surface area contributed by atoms with E-state index in [4.69, 9.17) is 4.74 Å². The highest BCUT2D eigenvalue weighted by Gasteiger charge is 2.42. The van der Waals surface area contributed by atoms with E-state index in [2.05, 4.69) is 29.3 Å². The van der Waals surface area contributed by atoms with Crippen molar-refractivity contribution in [3.63, 3.8) is 0 Å². The van der Waals surface area contributed by atoms with Crippen molar-refractivity contribution in [2.75, 3.05) is 13.2 Å². The summed E-state index contributed by atoms with van der Waals surface area (Å²) in [7, 11) is 0. The highest BCUT2D eigenvalue weighted by Crippen LogP contribution is 2.44. The molecule has 2 aromatic carbocycles. The maximum Gasteiger partial charge on any atom is 0.407 e. The van der Waals surface area contributed by atoms with Gasteiger partial charge in [-0.2, -0.15) is 0 Å². The Morgan fingerprint density at radius 2 is 1.74 bits per heavy atom. The minimum atomic E-state index is -0.903. The molecule has 3 atom stereocenters. The molecule has 182 valence electrons. The van der Waals surface area contributed by atoms with E-state index in [1.54, 1.807) is 11.8 Å². The summed E-state index contributed by atoms with van der Waals surface area (Å²) in [5, 5.41) is 12.2. The van der Waals surface area contributed by atoms with Crippen LogP contribution in [0.5, 0.6) is 0 Å². The van der Waals surface area contributed by atoms with Gasteiger partial charge < -0.3 is 20.1 Å². The molecule has 1 aliphatic heterocycles. The van der Waals surface area contributed by atoms with E-state index in [1.165, 1.54) is 0 Å². The Hall–Kier alpha value is -3.79. The van der Waals surface area contributed by atoms with Gasteiger partial charge in [-0.1, -0.05) is 55.5 Å². The molecule has 1 fully saturated rings. The number of ether oxygens (including phenoxy) is 1. The molecule has 1 heterocycles. The van der Waals surface area contributed by atoms with Crippen LogP contribution >= 0.6 is 0 Å². The molecule has 3 unspecified atom stereocenters. The molecule has 2 aliphatic rings. The number of likely N-dealkylation sites (tertiary alicyclic amines) is 1. The number of carbonyl (C=O) groups is 3. The van der Waals surface area contributed by atoms with Crippen LogP contribution in [0.15, 0.2) is 48.5 Å². The number of carboxylic acids is 1. The van der Waals surface area contributed by atoms with E-state index in [9.17, 15) is 19.5 Å². The second-order valence-electron chi connectivity index (χ2n) is 8.89. The fourth-order valence-electron chi connectivity index (χ4n) is 5.31. The quantitative estimate of drug-likeness (QED) is 0.591. The predicted molar refractivity (Wildman–Crippen MR) is 132 cm³/mol. The lowest BCUT2D eigenvalue weighted by Crippen LogP contribution is -2.51. The van der Waals surface area contributed by atoms with E-state index >= 15 is 0 Å². The van der Waals surface area contributed by atoms with Gasteiger partial charge in [-0.05, 0) is 42.0 Å². The van der Waals surface area contributed by atoms with Crippen LogP contribution in [0.3, 0.4) is 0 Å². The summed E-state index contributed by atoms with van der Waals surface area (Å²) in [6, 6.07) is 14.8. The van der Waals surface area contributed by atoms with E-state index in [1.807, 2.05) is 43.3 Å². The van der Waals surface area contributed by atoms with Gasteiger partial charge in [0.15, 0.2) is 0 Å². The van der Waals surface area contributed by atoms with Gasteiger partial charge in [0.05, 0.1) is 5.92 Å². The van der Waals surface area contributed by atoms with Crippen molar-refractivity contribution < 1.29 is 24.2 Å². The number of hydrogen-bond donors (Lipinski definition) is 2. The highest BCUT2D eigenvalue weighted by molar-refractivity contribution is 5.87. The lowest BCUT2D eigenvalue weighted by atomic mass is 9.98. The second-order valence-corrected chi connectivity index (χ2v) is 8.89. The molecule has 2 N–H and O–H groups in total.